The van der Waals surface area contributed by atoms with Gasteiger partial charge in [-0.15, -0.1) is 0 Å². The van der Waals surface area contributed by atoms with Crippen molar-refractivity contribution in [2.24, 2.45) is 0 Å². The average molecular weight is 241 g/mol. The normalized spacial score (nSPS) is 12.8. The molecule has 0 spiro atoms. The van der Waals surface area contributed by atoms with Gasteiger partial charge in [-0.1, -0.05) is 30.3 Å². The Morgan fingerprint density at radius 1 is 0.882 bits per heavy atom. The van der Waals surface area contributed by atoms with Crippen LogP contribution in [0.4, 0.5) is 0 Å². The molecule has 0 radical (unpaired) electrons. The summed E-state index contributed by atoms with van der Waals surface area (Å²) in [6, 6.07) is 17.4. The van der Waals surface area contributed by atoms with Crippen LogP contribution in [0.2, 0.25) is 0 Å². The number of aromatic amines is 1. The summed E-state index contributed by atoms with van der Waals surface area (Å²) in [6.45, 7) is 0. The zero-order chi connectivity index (χ0) is 11.7. The number of rotatable bonds is 2. The van der Waals surface area contributed by atoms with Gasteiger partial charge in [0.05, 0.1) is 17.1 Å². The summed E-state index contributed by atoms with van der Waals surface area (Å²) >= 11 is -1.12. The maximum atomic E-state index is 12.4. The topological polar surface area (TPSA) is 38.8 Å². The Morgan fingerprint density at radius 2 is 1.59 bits per heavy atom. The summed E-state index contributed by atoms with van der Waals surface area (Å²) in [5, 5.41) is 1.02. The molecule has 3 heteroatoms. The third-order valence-corrected chi connectivity index (χ3v) is 4.15. The first-order valence-electron chi connectivity index (χ1n) is 5.39. The van der Waals surface area contributed by atoms with Crippen molar-refractivity contribution in [3.63, 3.8) is 0 Å². The molecule has 17 heavy (non-hydrogen) atoms. The van der Waals surface area contributed by atoms with Crippen molar-refractivity contribution >= 4 is 22.1 Å². The Balaban J connectivity index is 2.10. The fourth-order valence-electron chi connectivity index (χ4n) is 1.87. The van der Waals surface area contributed by atoms with Crippen molar-refractivity contribution in [2.45, 2.75) is 9.79 Å². The smallest absolute Gasteiger partial charge is 0.183 e. The molecule has 0 fully saturated rings. The van der Waals surface area contributed by atoms with Crippen LogP contribution in [0.25, 0.3) is 10.9 Å². The zero-order valence-electron chi connectivity index (χ0n) is 9.09. The third-order valence-electron chi connectivity index (χ3n) is 2.71. The fraction of sp³-hybridized carbons (Fsp3) is 0. The highest BCUT2D eigenvalue weighted by Gasteiger charge is 2.18. The molecular formula is C14H11NOS. The lowest BCUT2D eigenvalue weighted by Crippen LogP contribution is -2.00. The SMILES string of the molecule is [O-][S+](c1ccccc1)c1c[nH]c2ccccc12. The molecule has 0 saturated carbocycles. The van der Waals surface area contributed by atoms with Crippen molar-refractivity contribution in [3.8, 4) is 0 Å². The van der Waals surface area contributed by atoms with Gasteiger partial charge in [0.15, 0.2) is 9.79 Å². The molecule has 3 aromatic rings. The summed E-state index contributed by atoms with van der Waals surface area (Å²) in [7, 11) is 0. The molecule has 1 N–H and O–H groups in total. The lowest BCUT2D eigenvalue weighted by atomic mass is 10.2. The van der Waals surface area contributed by atoms with Crippen LogP contribution in [0, 0.1) is 0 Å². The highest BCUT2D eigenvalue weighted by molar-refractivity contribution is 7.91. The van der Waals surface area contributed by atoms with Gasteiger partial charge in [0.25, 0.3) is 0 Å². The van der Waals surface area contributed by atoms with Gasteiger partial charge in [-0.05, 0) is 24.3 Å². The third kappa shape index (κ3) is 1.84. The molecule has 3 rings (SSSR count). The minimum absolute atomic E-state index is 0.831. The van der Waals surface area contributed by atoms with Gasteiger partial charge < -0.3 is 9.54 Å². The van der Waals surface area contributed by atoms with Crippen LogP contribution in [0.15, 0.2) is 70.6 Å². The highest BCUT2D eigenvalue weighted by atomic mass is 32.2. The molecule has 0 aliphatic rings. The molecule has 1 unspecified atom stereocenters. The first-order chi connectivity index (χ1) is 8.36. The van der Waals surface area contributed by atoms with Crippen molar-refractivity contribution in [3.05, 3.63) is 60.8 Å². The molecular weight excluding hydrogens is 230 g/mol. The number of fused-ring (bicyclic) bond motifs is 1. The summed E-state index contributed by atoms with van der Waals surface area (Å²) < 4.78 is 12.4. The van der Waals surface area contributed by atoms with Gasteiger partial charge in [-0.3, -0.25) is 0 Å². The average Bonchev–Trinajstić information content (AvgIpc) is 2.83. The maximum Gasteiger partial charge on any atom is 0.183 e. The van der Waals surface area contributed by atoms with Gasteiger partial charge in [0.2, 0.25) is 0 Å². The fourth-order valence-corrected chi connectivity index (χ4v) is 3.07. The second-order valence-electron chi connectivity index (χ2n) is 3.78. The van der Waals surface area contributed by atoms with Crippen molar-refractivity contribution in [1.82, 2.24) is 4.98 Å². The minimum atomic E-state index is -1.12. The predicted octanol–water partition coefficient (Wildman–Crippen LogP) is 3.33. The van der Waals surface area contributed by atoms with E-state index in [-0.39, 0.29) is 0 Å². The zero-order valence-corrected chi connectivity index (χ0v) is 9.91. The van der Waals surface area contributed by atoms with Crippen LogP contribution >= 0.6 is 0 Å². The van der Waals surface area contributed by atoms with Crippen LogP contribution < -0.4 is 0 Å². The molecule has 2 aromatic carbocycles. The quantitative estimate of drug-likeness (QED) is 0.687. The summed E-state index contributed by atoms with van der Waals surface area (Å²) in [4.78, 5) is 4.82. The van der Waals surface area contributed by atoms with E-state index in [4.69, 9.17) is 0 Å². The maximum absolute atomic E-state index is 12.4. The summed E-state index contributed by atoms with van der Waals surface area (Å²) in [5.74, 6) is 0. The van der Waals surface area contributed by atoms with E-state index >= 15 is 0 Å². The van der Waals surface area contributed by atoms with Gasteiger partial charge in [0.1, 0.15) is 0 Å². The molecule has 2 nitrogen and oxygen atoms in total. The highest BCUT2D eigenvalue weighted by Crippen LogP contribution is 2.27. The summed E-state index contributed by atoms with van der Waals surface area (Å²) in [5.41, 5.74) is 1.02. The van der Waals surface area contributed by atoms with Crippen molar-refractivity contribution in [2.75, 3.05) is 0 Å². The number of H-pyrrole nitrogens is 1. The van der Waals surface area contributed by atoms with E-state index in [9.17, 15) is 4.55 Å². The number of para-hydroxylation sites is 1. The molecule has 1 atom stereocenters. The van der Waals surface area contributed by atoms with Crippen LogP contribution in [0.5, 0.6) is 0 Å². The van der Waals surface area contributed by atoms with Crippen LogP contribution in [0.1, 0.15) is 0 Å². The molecule has 1 heterocycles. The number of aromatic nitrogens is 1. The molecule has 0 aliphatic carbocycles. The number of nitrogens with one attached hydrogen (secondary N) is 1. The Morgan fingerprint density at radius 3 is 2.41 bits per heavy atom. The van der Waals surface area contributed by atoms with E-state index in [1.165, 1.54) is 0 Å². The van der Waals surface area contributed by atoms with Crippen molar-refractivity contribution in [1.29, 1.82) is 0 Å². The van der Waals surface area contributed by atoms with Gasteiger partial charge in [0, 0.05) is 11.2 Å². The Kier molecular flexibility index (Phi) is 2.63. The second kappa shape index (κ2) is 4.28. The monoisotopic (exact) mass is 241 g/mol. The molecule has 84 valence electrons. The number of hydrogen-bond acceptors (Lipinski definition) is 1. The van der Waals surface area contributed by atoms with Crippen LogP contribution in [0.3, 0.4) is 0 Å². The van der Waals surface area contributed by atoms with Gasteiger partial charge in [-0.2, -0.15) is 0 Å². The van der Waals surface area contributed by atoms with Gasteiger partial charge >= 0.3 is 0 Å². The number of benzene rings is 2. The summed E-state index contributed by atoms with van der Waals surface area (Å²) in [6.07, 6.45) is 1.83. The second-order valence-corrected chi connectivity index (χ2v) is 5.23. The molecule has 1 aromatic heterocycles. The standard InChI is InChI=1S/C14H11NOS/c16-17(11-6-2-1-3-7-11)14-10-15-13-9-5-4-8-12(13)14/h1-10,15H. The van der Waals surface area contributed by atoms with E-state index in [1.807, 2.05) is 60.8 Å². The predicted molar refractivity (Wildman–Crippen MR) is 69.4 cm³/mol. The first kappa shape index (κ1) is 10.4. The van der Waals surface area contributed by atoms with Crippen molar-refractivity contribution < 1.29 is 4.55 Å². The Hall–Kier alpha value is -1.71. The van der Waals surface area contributed by atoms with E-state index in [0.717, 1.165) is 20.7 Å². The van der Waals surface area contributed by atoms with E-state index in [1.54, 1.807) is 0 Å². The first-order valence-corrected chi connectivity index (χ1v) is 6.54. The molecule has 0 bridgehead atoms. The van der Waals surface area contributed by atoms with E-state index in [2.05, 4.69) is 4.98 Å². The number of hydrogen-bond donors (Lipinski definition) is 1. The minimum Gasteiger partial charge on any atom is -0.606 e. The lowest BCUT2D eigenvalue weighted by Gasteiger charge is -2.07. The van der Waals surface area contributed by atoms with Gasteiger partial charge in [-0.25, -0.2) is 0 Å². The lowest BCUT2D eigenvalue weighted by molar-refractivity contribution is 0.596. The van der Waals surface area contributed by atoms with E-state index in [0.29, 0.717) is 0 Å². The van der Waals surface area contributed by atoms with Crippen LogP contribution in [-0.4, -0.2) is 9.54 Å². The van der Waals surface area contributed by atoms with E-state index < -0.39 is 11.2 Å². The Labute approximate surface area is 102 Å². The molecule has 0 saturated heterocycles. The largest absolute Gasteiger partial charge is 0.606 e. The van der Waals surface area contributed by atoms with Crippen LogP contribution in [-0.2, 0) is 11.2 Å². The molecule has 0 amide bonds. The molecule has 0 aliphatic heterocycles. The Bertz CT molecular complexity index is 633.